The van der Waals surface area contributed by atoms with Gasteiger partial charge in [0.15, 0.2) is 17.8 Å². The predicted molar refractivity (Wildman–Crippen MR) is 144 cm³/mol. The van der Waals surface area contributed by atoms with E-state index in [9.17, 15) is 23.1 Å². The molecule has 1 aliphatic heterocycles. The van der Waals surface area contributed by atoms with Gasteiger partial charge in [0.25, 0.3) is 5.89 Å². The number of hydrogen-bond acceptors (Lipinski definition) is 10. The van der Waals surface area contributed by atoms with Crippen LogP contribution in [0, 0.1) is 0 Å². The summed E-state index contributed by atoms with van der Waals surface area (Å²) >= 11 is 0. The van der Waals surface area contributed by atoms with E-state index in [1.165, 1.54) is 12.4 Å². The van der Waals surface area contributed by atoms with Gasteiger partial charge in [-0.15, -0.1) is 5.10 Å². The van der Waals surface area contributed by atoms with Gasteiger partial charge in [-0.05, 0) is 11.6 Å². The van der Waals surface area contributed by atoms with Gasteiger partial charge in [-0.25, -0.2) is 15.0 Å². The molecule has 1 aliphatic rings. The Labute approximate surface area is 236 Å². The molecule has 6 rings (SSSR count). The van der Waals surface area contributed by atoms with E-state index in [4.69, 9.17) is 9.41 Å². The van der Waals surface area contributed by atoms with Crippen molar-refractivity contribution in [1.82, 2.24) is 25.1 Å². The van der Waals surface area contributed by atoms with Crippen LogP contribution in [-0.2, 0) is 24.0 Å². The number of hydrogen-bond donors (Lipinski definition) is 2. The number of pyridine rings is 1. The maximum absolute atomic E-state index is 13.5. The van der Waals surface area contributed by atoms with Gasteiger partial charge in [-0.2, -0.15) is 13.2 Å². The Morgan fingerprint density at radius 1 is 0.905 bits per heavy atom. The highest BCUT2D eigenvalue weighted by atomic mass is 19.4. The van der Waals surface area contributed by atoms with Crippen LogP contribution in [0.3, 0.4) is 0 Å². The van der Waals surface area contributed by atoms with E-state index in [2.05, 4.69) is 30.5 Å². The normalized spacial score (nSPS) is 15.1. The molecule has 0 fully saturated rings. The Kier molecular flexibility index (Phi) is 7.00. The van der Waals surface area contributed by atoms with E-state index in [0.29, 0.717) is 11.9 Å². The molecule has 1 atom stereocenters. The largest absolute Gasteiger partial charge is 0.417 e. The number of alkyl halides is 3. The van der Waals surface area contributed by atoms with Crippen molar-refractivity contribution in [2.45, 2.75) is 25.4 Å². The van der Waals surface area contributed by atoms with E-state index < -0.39 is 24.5 Å². The van der Waals surface area contributed by atoms with Crippen LogP contribution in [0.2, 0.25) is 0 Å². The predicted octanol–water partition coefficient (Wildman–Crippen LogP) is 4.50. The summed E-state index contributed by atoms with van der Waals surface area (Å²) in [6, 6.07) is 17.6. The quantitative estimate of drug-likeness (QED) is 0.302. The third-order valence-electron chi connectivity index (χ3n) is 6.51. The van der Waals surface area contributed by atoms with Crippen LogP contribution < -0.4 is 5.32 Å². The number of carbonyl (C=O) groups excluding carboxylic acids is 1. The Morgan fingerprint density at radius 2 is 1.64 bits per heavy atom. The summed E-state index contributed by atoms with van der Waals surface area (Å²) < 4.78 is 46.3. The summed E-state index contributed by atoms with van der Waals surface area (Å²) in [6.07, 6.45) is -2.47. The van der Waals surface area contributed by atoms with Crippen LogP contribution in [0.5, 0.6) is 0 Å². The lowest BCUT2D eigenvalue weighted by molar-refractivity contribution is -0.137. The first-order chi connectivity index (χ1) is 20.3. The summed E-state index contributed by atoms with van der Waals surface area (Å²) in [5, 5.41) is 20.0. The molecule has 0 saturated carbocycles. The average Bonchev–Trinajstić information content (AvgIpc) is 3.42. The van der Waals surface area contributed by atoms with Crippen LogP contribution in [0.15, 0.2) is 88.7 Å². The number of nitrogens with zero attached hydrogens (tertiary/aromatic N) is 6. The second kappa shape index (κ2) is 10.9. The lowest BCUT2D eigenvalue weighted by Gasteiger charge is -2.12. The lowest BCUT2D eigenvalue weighted by atomic mass is 9.96. The van der Waals surface area contributed by atoms with Crippen LogP contribution in [0.4, 0.5) is 19.2 Å². The zero-order valence-corrected chi connectivity index (χ0v) is 21.6. The molecular formula is C29H20F3N7O3. The second-order valence-corrected chi connectivity index (χ2v) is 9.27. The number of nitrogens with one attached hydrogen (secondary N) is 1. The Bertz CT molecular complexity index is 1790. The molecule has 3 aromatic heterocycles. The van der Waals surface area contributed by atoms with E-state index >= 15 is 0 Å². The summed E-state index contributed by atoms with van der Waals surface area (Å²) in [4.78, 5) is 29.8. The van der Waals surface area contributed by atoms with Gasteiger partial charge in [-0.1, -0.05) is 59.7 Å². The van der Waals surface area contributed by atoms with E-state index in [0.717, 1.165) is 22.8 Å². The van der Waals surface area contributed by atoms with Crippen LogP contribution in [0.25, 0.3) is 22.7 Å². The first kappa shape index (κ1) is 26.9. The summed E-state index contributed by atoms with van der Waals surface area (Å²) in [7, 11) is 0. The second-order valence-electron chi connectivity index (χ2n) is 9.27. The Hall–Kier alpha value is -5.30. The molecule has 1 unspecified atom stereocenters. The molecule has 0 radical (unpaired) electrons. The number of ketones is 1. The third kappa shape index (κ3) is 5.37. The molecule has 0 aliphatic carbocycles. The number of aliphatic hydroxyl groups is 1. The first-order valence-electron chi connectivity index (χ1n) is 12.6. The van der Waals surface area contributed by atoms with Gasteiger partial charge in [0.2, 0.25) is 0 Å². The van der Waals surface area contributed by atoms with Gasteiger partial charge >= 0.3 is 12.2 Å². The molecule has 4 heterocycles. The van der Waals surface area contributed by atoms with Gasteiger partial charge in [0.05, 0.1) is 11.3 Å². The minimum atomic E-state index is -4.67. The molecule has 0 spiro atoms. The van der Waals surface area contributed by atoms with Crippen molar-refractivity contribution < 1.29 is 27.5 Å². The van der Waals surface area contributed by atoms with Gasteiger partial charge in [0.1, 0.15) is 12.3 Å². The molecule has 42 heavy (non-hydrogen) atoms. The van der Waals surface area contributed by atoms with Crippen molar-refractivity contribution in [1.29, 1.82) is 0 Å². The molecule has 0 bridgehead atoms. The number of anilines is 1. The summed E-state index contributed by atoms with van der Waals surface area (Å²) in [5.74, 6) is -0.359. The fourth-order valence-corrected chi connectivity index (χ4v) is 4.48. The maximum atomic E-state index is 13.5. The van der Waals surface area contributed by atoms with E-state index in [1.54, 1.807) is 0 Å². The van der Waals surface area contributed by atoms with E-state index in [-0.39, 0.29) is 46.8 Å². The number of aliphatic imine (C=N–C) groups is 1. The number of aliphatic hydroxyl groups excluding tert-OH is 1. The number of fused-ring (bicyclic) bond motifs is 1. The fourth-order valence-electron chi connectivity index (χ4n) is 4.48. The molecule has 10 nitrogen and oxygen atoms in total. The molecule has 5 aromatic rings. The summed E-state index contributed by atoms with van der Waals surface area (Å²) in [5.41, 5.74) is 2.15. The minimum absolute atomic E-state index is 0.0186. The highest BCUT2D eigenvalue weighted by Crippen LogP contribution is 2.36. The number of halogens is 3. The standard InChI is InChI=1S/C29H20F3N7O3/c30-29(31,32)19-11-21(18-12-33-23(15-40)34-13-18)25(35-14-19)27-38-39-28(42-27)37-26-22(41)10-17-8-4-5-9-20(17)24(36-26)16-6-2-1-3-7-16/h1-9,11-14,26,40H,10,15H2,(H,37,39). The number of aromatic nitrogens is 5. The molecule has 13 heteroatoms. The third-order valence-corrected chi connectivity index (χ3v) is 6.51. The molecular weight excluding hydrogens is 551 g/mol. The molecule has 210 valence electrons. The van der Waals surface area contributed by atoms with Crippen molar-refractivity contribution in [2.24, 2.45) is 4.99 Å². The van der Waals surface area contributed by atoms with Gasteiger partial charge in [0, 0.05) is 47.3 Å². The Balaban J connectivity index is 1.36. The van der Waals surface area contributed by atoms with Crippen LogP contribution >= 0.6 is 0 Å². The monoisotopic (exact) mass is 571 g/mol. The van der Waals surface area contributed by atoms with Crippen LogP contribution in [-0.4, -0.2) is 47.9 Å². The minimum Gasteiger partial charge on any atom is -0.402 e. The SMILES string of the molecule is O=C1Cc2ccccc2C(c2ccccc2)=NC1Nc1nnc(-c2ncc(C(F)(F)F)cc2-c2cnc(CO)nc2)o1. The van der Waals surface area contributed by atoms with Crippen molar-refractivity contribution in [3.63, 3.8) is 0 Å². The van der Waals surface area contributed by atoms with Crippen molar-refractivity contribution >= 4 is 17.5 Å². The number of Topliss-reactive ketones (excluding diaryl/α,β-unsaturated/α-hetero) is 1. The average molecular weight is 572 g/mol. The maximum Gasteiger partial charge on any atom is 0.417 e. The highest BCUT2D eigenvalue weighted by molar-refractivity contribution is 6.16. The zero-order valence-electron chi connectivity index (χ0n) is 21.6. The summed E-state index contributed by atoms with van der Waals surface area (Å²) in [6.45, 7) is -0.438. The number of benzene rings is 2. The lowest BCUT2D eigenvalue weighted by Crippen LogP contribution is -2.29. The van der Waals surface area contributed by atoms with Crippen molar-refractivity contribution in [3.8, 4) is 22.7 Å². The molecule has 2 aromatic carbocycles. The fraction of sp³-hybridized carbons (Fsp3) is 0.138. The number of carbonyl (C=O) groups is 1. The molecule has 0 amide bonds. The van der Waals surface area contributed by atoms with Crippen LogP contribution in [0.1, 0.15) is 28.1 Å². The number of rotatable bonds is 6. The van der Waals surface area contributed by atoms with Gasteiger partial charge < -0.3 is 14.8 Å². The van der Waals surface area contributed by atoms with Crippen molar-refractivity contribution in [2.75, 3.05) is 5.32 Å². The zero-order chi connectivity index (χ0) is 29.3. The molecule has 0 saturated heterocycles. The molecule has 2 N–H and O–H groups in total. The highest BCUT2D eigenvalue weighted by Gasteiger charge is 2.33. The topological polar surface area (TPSA) is 139 Å². The van der Waals surface area contributed by atoms with Gasteiger partial charge in [-0.3, -0.25) is 9.79 Å². The van der Waals surface area contributed by atoms with Crippen molar-refractivity contribution in [3.05, 3.63) is 107 Å². The first-order valence-corrected chi connectivity index (χ1v) is 12.6. The Morgan fingerprint density at radius 3 is 2.38 bits per heavy atom. The smallest absolute Gasteiger partial charge is 0.402 e. The van der Waals surface area contributed by atoms with E-state index in [1.807, 2.05) is 54.6 Å².